The zero-order chi connectivity index (χ0) is 22.5. The van der Waals surface area contributed by atoms with Crippen LogP contribution in [0.25, 0.3) is 0 Å². The fourth-order valence-electron chi connectivity index (χ4n) is 3.18. The molecule has 31 heavy (non-hydrogen) atoms. The quantitative estimate of drug-likeness (QED) is 0.623. The number of esters is 1. The molecule has 1 aliphatic heterocycles. The van der Waals surface area contributed by atoms with Gasteiger partial charge >= 0.3 is 5.97 Å². The number of ether oxygens (including phenoxy) is 3. The van der Waals surface area contributed by atoms with E-state index in [1.807, 2.05) is 0 Å². The summed E-state index contributed by atoms with van der Waals surface area (Å²) in [6.45, 7) is 5.67. The van der Waals surface area contributed by atoms with Gasteiger partial charge in [0.15, 0.2) is 0 Å². The minimum absolute atomic E-state index is 0.185. The van der Waals surface area contributed by atoms with Gasteiger partial charge in [0.05, 0.1) is 23.7 Å². The summed E-state index contributed by atoms with van der Waals surface area (Å²) in [5.74, 6) is -0.638. The van der Waals surface area contributed by atoms with Gasteiger partial charge in [-0.3, -0.25) is 9.59 Å². The molecule has 9 heteroatoms. The molecule has 8 nitrogen and oxygen atoms in total. The molecule has 0 bridgehead atoms. The lowest BCUT2D eigenvalue weighted by Gasteiger charge is -2.12. The minimum Gasteiger partial charge on any atom is -0.497 e. The van der Waals surface area contributed by atoms with Crippen molar-refractivity contribution in [2.75, 3.05) is 24.4 Å². The smallest absolute Gasteiger partial charge is 0.341 e. The van der Waals surface area contributed by atoms with Gasteiger partial charge in [0.2, 0.25) is 0 Å². The Morgan fingerprint density at radius 2 is 1.87 bits per heavy atom. The van der Waals surface area contributed by atoms with Crippen molar-refractivity contribution in [3.05, 3.63) is 40.3 Å². The van der Waals surface area contributed by atoms with Gasteiger partial charge in [0, 0.05) is 12.3 Å². The average molecular weight is 447 g/mol. The maximum absolute atomic E-state index is 12.9. The minimum atomic E-state index is -0.588. The van der Waals surface area contributed by atoms with Crippen LogP contribution in [-0.4, -0.2) is 43.7 Å². The van der Waals surface area contributed by atoms with E-state index in [4.69, 9.17) is 14.2 Å². The third-order valence-corrected chi connectivity index (χ3v) is 5.91. The van der Waals surface area contributed by atoms with E-state index in [-0.39, 0.29) is 28.5 Å². The van der Waals surface area contributed by atoms with Gasteiger partial charge in [-0.2, -0.15) is 0 Å². The summed E-state index contributed by atoms with van der Waals surface area (Å²) in [4.78, 5) is 38.5. The molecule has 1 aromatic carbocycles. The van der Waals surface area contributed by atoms with Gasteiger partial charge in [-0.1, -0.05) is 0 Å². The third-order valence-electron chi connectivity index (χ3n) is 4.71. The summed E-state index contributed by atoms with van der Waals surface area (Å²) in [7, 11) is 1.56. The van der Waals surface area contributed by atoms with Crippen LogP contribution in [0.15, 0.2) is 24.3 Å². The maximum Gasteiger partial charge on any atom is 0.341 e. The lowest BCUT2D eigenvalue weighted by atomic mass is 10.1. The average Bonchev–Trinajstić information content (AvgIpc) is 3.36. The second kappa shape index (κ2) is 9.93. The van der Waals surface area contributed by atoms with Gasteiger partial charge < -0.3 is 24.8 Å². The normalized spacial score (nSPS) is 15.6. The molecule has 1 aliphatic rings. The Bertz CT molecular complexity index is 961. The Hall–Kier alpha value is -2.91. The van der Waals surface area contributed by atoms with Crippen molar-refractivity contribution in [1.82, 2.24) is 0 Å². The number of thiophene rings is 1. The van der Waals surface area contributed by atoms with E-state index < -0.39 is 12.1 Å². The largest absolute Gasteiger partial charge is 0.497 e. The summed E-state index contributed by atoms with van der Waals surface area (Å²) in [6.07, 6.45) is 0.518. The van der Waals surface area contributed by atoms with E-state index in [1.165, 1.54) is 0 Å². The number of nitrogens with one attached hydrogen (secondary N) is 2. The molecule has 2 amide bonds. The van der Waals surface area contributed by atoms with Crippen molar-refractivity contribution in [1.29, 1.82) is 0 Å². The highest BCUT2D eigenvalue weighted by Crippen LogP contribution is 2.35. The number of methoxy groups -OCH3 is 1. The van der Waals surface area contributed by atoms with Crippen LogP contribution in [-0.2, 0) is 14.3 Å². The molecule has 0 unspecified atom stereocenters. The Morgan fingerprint density at radius 3 is 2.45 bits per heavy atom. The summed E-state index contributed by atoms with van der Waals surface area (Å²) < 4.78 is 15.9. The van der Waals surface area contributed by atoms with Crippen molar-refractivity contribution in [2.24, 2.45) is 0 Å². The first-order valence-corrected chi connectivity index (χ1v) is 10.8. The van der Waals surface area contributed by atoms with Gasteiger partial charge in [0.25, 0.3) is 11.8 Å². The highest BCUT2D eigenvalue weighted by atomic mass is 32.1. The van der Waals surface area contributed by atoms with Crippen LogP contribution < -0.4 is 15.4 Å². The zero-order valence-electron chi connectivity index (χ0n) is 17.9. The molecule has 0 spiro atoms. The number of benzene rings is 1. The molecule has 2 N–H and O–H groups in total. The molecule has 0 saturated carbocycles. The highest BCUT2D eigenvalue weighted by molar-refractivity contribution is 7.19. The number of hydrogen-bond donors (Lipinski definition) is 2. The van der Waals surface area contributed by atoms with Gasteiger partial charge in [-0.15, -0.1) is 11.3 Å². The predicted octanol–water partition coefficient (Wildman–Crippen LogP) is 4.00. The topological polar surface area (TPSA) is 103 Å². The molecule has 3 rings (SSSR count). The van der Waals surface area contributed by atoms with Crippen LogP contribution in [0.3, 0.4) is 0 Å². The van der Waals surface area contributed by atoms with Gasteiger partial charge in [0.1, 0.15) is 16.9 Å². The number of amides is 2. The number of carbonyl (C=O) groups is 3. The first-order chi connectivity index (χ1) is 14.8. The molecule has 2 aromatic rings. The van der Waals surface area contributed by atoms with Crippen LogP contribution in [0.2, 0.25) is 0 Å². The lowest BCUT2D eigenvalue weighted by Crippen LogP contribution is -2.27. The molecular formula is C22H26N2O6S. The third kappa shape index (κ3) is 5.42. The van der Waals surface area contributed by atoms with Crippen LogP contribution in [0.1, 0.15) is 52.3 Å². The molecule has 1 atom stereocenters. The summed E-state index contributed by atoms with van der Waals surface area (Å²) in [6, 6.07) is 6.90. The Labute approximate surface area is 184 Å². The lowest BCUT2D eigenvalue weighted by molar-refractivity contribution is -0.124. The van der Waals surface area contributed by atoms with Crippen molar-refractivity contribution in [3.63, 3.8) is 0 Å². The highest BCUT2D eigenvalue weighted by Gasteiger charge is 2.30. The molecule has 2 heterocycles. The van der Waals surface area contributed by atoms with E-state index >= 15 is 0 Å². The first kappa shape index (κ1) is 22.8. The molecule has 1 fully saturated rings. The number of hydrogen-bond acceptors (Lipinski definition) is 7. The van der Waals surface area contributed by atoms with E-state index in [0.717, 1.165) is 17.8 Å². The van der Waals surface area contributed by atoms with E-state index in [2.05, 4.69) is 10.6 Å². The Kier molecular flexibility index (Phi) is 7.29. The SMILES string of the molecule is COc1ccc(NC(=O)c2sc(NC(=O)[C@@H]3CCCO3)c(C(=O)OC(C)C)c2C)cc1. The van der Waals surface area contributed by atoms with Crippen LogP contribution in [0.5, 0.6) is 5.75 Å². The summed E-state index contributed by atoms with van der Waals surface area (Å²) in [5.41, 5.74) is 1.21. The van der Waals surface area contributed by atoms with Crippen LogP contribution in [0.4, 0.5) is 10.7 Å². The fourth-order valence-corrected chi connectivity index (χ4v) is 4.27. The number of carbonyl (C=O) groups excluding carboxylic acids is 3. The molecular weight excluding hydrogens is 420 g/mol. The Balaban J connectivity index is 1.88. The molecule has 1 saturated heterocycles. The summed E-state index contributed by atoms with van der Waals surface area (Å²) in [5, 5.41) is 5.85. The number of rotatable bonds is 7. The molecule has 0 aliphatic carbocycles. The van der Waals surface area contributed by atoms with Crippen LogP contribution in [0, 0.1) is 6.92 Å². The van der Waals surface area contributed by atoms with Crippen molar-refractivity contribution >= 4 is 39.8 Å². The second-order valence-electron chi connectivity index (χ2n) is 7.39. The van der Waals surface area contributed by atoms with E-state index in [1.54, 1.807) is 52.1 Å². The van der Waals surface area contributed by atoms with Gasteiger partial charge in [-0.05, 0) is 63.4 Å². The van der Waals surface area contributed by atoms with Crippen molar-refractivity contribution in [3.8, 4) is 5.75 Å². The zero-order valence-corrected chi connectivity index (χ0v) is 18.8. The van der Waals surface area contributed by atoms with E-state index in [0.29, 0.717) is 34.9 Å². The standard InChI is InChI=1S/C22H26N2O6S/c1-12(2)30-22(27)17-13(3)18(20(26)23-14-7-9-15(28-4)10-8-14)31-21(17)24-19(25)16-6-5-11-29-16/h7-10,12,16H,5-6,11H2,1-4H3,(H,23,26)(H,24,25)/t16-/m0/s1. The second-order valence-corrected chi connectivity index (χ2v) is 8.41. The van der Waals surface area contributed by atoms with E-state index in [9.17, 15) is 14.4 Å². The monoisotopic (exact) mass is 446 g/mol. The Morgan fingerprint density at radius 1 is 1.16 bits per heavy atom. The molecule has 166 valence electrons. The molecule has 0 radical (unpaired) electrons. The molecule has 1 aromatic heterocycles. The maximum atomic E-state index is 12.9. The predicted molar refractivity (Wildman–Crippen MR) is 118 cm³/mol. The first-order valence-electron chi connectivity index (χ1n) is 10.0. The van der Waals surface area contributed by atoms with Crippen molar-refractivity contribution in [2.45, 2.75) is 45.8 Å². The number of anilines is 2. The fraction of sp³-hybridized carbons (Fsp3) is 0.409. The summed E-state index contributed by atoms with van der Waals surface area (Å²) >= 11 is 1.04. The van der Waals surface area contributed by atoms with Crippen molar-refractivity contribution < 1.29 is 28.6 Å². The van der Waals surface area contributed by atoms with Crippen LogP contribution >= 0.6 is 11.3 Å². The van der Waals surface area contributed by atoms with Gasteiger partial charge in [-0.25, -0.2) is 4.79 Å².